The Morgan fingerprint density at radius 3 is 2.42 bits per heavy atom. The number of anilines is 1. The Bertz CT molecular complexity index is 449. The van der Waals surface area contributed by atoms with Crippen molar-refractivity contribution in [3.63, 3.8) is 0 Å². The van der Waals surface area contributed by atoms with Crippen molar-refractivity contribution >= 4 is 5.69 Å². The van der Waals surface area contributed by atoms with Gasteiger partial charge in [0.15, 0.2) is 0 Å². The summed E-state index contributed by atoms with van der Waals surface area (Å²) in [6.45, 7) is 5.83. The van der Waals surface area contributed by atoms with Crippen LogP contribution in [0.15, 0.2) is 18.2 Å². The van der Waals surface area contributed by atoms with E-state index in [-0.39, 0.29) is 11.9 Å². The molecule has 1 unspecified atom stereocenters. The van der Waals surface area contributed by atoms with E-state index in [1.807, 2.05) is 19.1 Å². The van der Waals surface area contributed by atoms with Gasteiger partial charge < -0.3 is 10.6 Å². The highest BCUT2D eigenvalue weighted by atomic mass is 19.1. The minimum atomic E-state index is -0.144. The van der Waals surface area contributed by atoms with Gasteiger partial charge in [-0.15, -0.1) is 0 Å². The fourth-order valence-corrected chi connectivity index (χ4v) is 2.83. The van der Waals surface area contributed by atoms with Gasteiger partial charge in [-0.3, -0.25) is 4.90 Å². The van der Waals surface area contributed by atoms with Gasteiger partial charge >= 0.3 is 0 Å². The Kier molecular flexibility index (Phi) is 3.46. The average molecular weight is 263 g/mol. The standard InChI is InChI=1S/C15H22FN3/c1-11(17)12-2-5-15(14(16)10-12)19-8-6-18(7-9-19)13-3-4-13/h2,5,10-11,13H,3-4,6-9,17H2,1H3. The third-order valence-electron chi connectivity index (χ3n) is 4.22. The lowest BCUT2D eigenvalue weighted by atomic mass is 10.1. The van der Waals surface area contributed by atoms with Crippen LogP contribution in [-0.2, 0) is 0 Å². The van der Waals surface area contributed by atoms with Gasteiger partial charge in [-0.2, -0.15) is 0 Å². The van der Waals surface area contributed by atoms with Crippen molar-refractivity contribution < 1.29 is 4.39 Å². The molecule has 3 nitrogen and oxygen atoms in total. The second kappa shape index (κ2) is 5.10. The molecule has 1 aromatic carbocycles. The van der Waals surface area contributed by atoms with Crippen LogP contribution < -0.4 is 10.6 Å². The predicted molar refractivity (Wildman–Crippen MR) is 75.8 cm³/mol. The Morgan fingerprint density at radius 1 is 1.21 bits per heavy atom. The number of nitrogens with two attached hydrogens (primary N) is 1. The fraction of sp³-hybridized carbons (Fsp3) is 0.600. The minimum absolute atomic E-state index is 0.115. The molecule has 0 spiro atoms. The van der Waals surface area contributed by atoms with Gasteiger partial charge in [0, 0.05) is 38.3 Å². The summed E-state index contributed by atoms with van der Waals surface area (Å²) in [4.78, 5) is 4.68. The molecular weight excluding hydrogens is 241 g/mol. The van der Waals surface area contributed by atoms with Gasteiger partial charge in [-0.25, -0.2) is 4.39 Å². The zero-order chi connectivity index (χ0) is 13.4. The Balaban J connectivity index is 1.69. The summed E-state index contributed by atoms with van der Waals surface area (Å²) in [5.41, 5.74) is 7.36. The van der Waals surface area contributed by atoms with Crippen molar-refractivity contribution in [1.82, 2.24) is 4.90 Å². The van der Waals surface area contributed by atoms with E-state index in [1.165, 1.54) is 12.8 Å². The lowest BCUT2D eigenvalue weighted by molar-refractivity contribution is 0.247. The van der Waals surface area contributed by atoms with E-state index in [1.54, 1.807) is 6.07 Å². The van der Waals surface area contributed by atoms with E-state index >= 15 is 0 Å². The molecule has 1 aromatic rings. The van der Waals surface area contributed by atoms with Crippen LogP contribution in [0.3, 0.4) is 0 Å². The maximum absolute atomic E-state index is 14.2. The maximum atomic E-state index is 14.2. The number of halogens is 1. The van der Waals surface area contributed by atoms with Gasteiger partial charge in [0.2, 0.25) is 0 Å². The zero-order valence-corrected chi connectivity index (χ0v) is 11.5. The van der Waals surface area contributed by atoms with E-state index in [0.717, 1.165) is 43.5 Å². The summed E-state index contributed by atoms with van der Waals surface area (Å²) >= 11 is 0. The van der Waals surface area contributed by atoms with Crippen LogP contribution in [0.1, 0.15) is 31.4 Å². The molecule has 2 fully saturated rings. The maximum Gasteiger partial charge on any atom is 0.146 e. The monoisotopic (exact) mass is 263 g/mol. The van der Waals surface area contributed by atoms with Crippen LogP contribution >= 0.6 is 0 Å². The van der Waals surface area contributed by atoms with Gasteiger partial charge in [0.05, 0.1) is 5.69 Å². The van der Waals surface area contributed by atoms with Gasteiger partial charge in [-0.05, 0) is 37.5 Å². The topological polar surface area (TPSA) is 32.5 Å². The number of hydrogen-bond donors (Lipinski definition) is 1. The Hall–Kier alpha value is -1.13. The van der Waals surface area contributed by atoms with Crippen LogP contribution in [0.5, 0.6) is 0 Å². The normalized spacial score (nSPS) is 22.6. The number of benzene rings is 1. The van der Waals surface area contributed by atoms with Crippen LogP contribution in [-0.4, -0.2) is 37.1 Å². The number of hydrogen-bond acceptors (Lipinski definition) is 3. The number of nitrogens with zero attached hydrogens (tertiary/aromatic N) is 2. The zero-order valence-electron chi connectivity index (χ0n) is 11.5. The highest BCUT2D eigenvalue weighted by Gasteiger charge is 2.31. The highest BCUT2D eigenvalue weighted by molar-refractivity contribution is 5.50. The SMILES string of the molecule is CC(N)c1ccc(N2CCN(C3CC3)CC2)c(F)c1. The molecule has 1 saturated heterocycles. The number of piperazine rings is 1. The van der Waals surface area contributed by atoms with Gasteiger partial charge in [0.1, 0.15) is 5.82 Å². The average Bonchev–Trinajstić information content (AvgIpc) is 3.23. The molecule has 1 heterocycles. The van der Waals surface area contributed by atoms with E-state index in [9.17, 15) is 4.39 Å². The first-order valence-electron chi connectivity index (χ1n) is 7.19. The summed E-state index contributed by atoms with van der Waals surface area (Å²) < 4.78 is 14.2. The summed E-state index contributed by atoms with van der Waals surface area (Å²) in [6.07, 6.45) is 2.69. The highest BCUT2D eigenvalue weighted by Crippen LogP contribution is 2.29. The van der Waals surface area contributed by atoms with Crippen LogP contribution in [0.25, 0.3) is 0 Å². The van der Waals surface area contributed by atoms with Crippen LogP contribution in [0, 0.1) is 5.82 Å². The van der Waals surface area contributed by atoms with Crippen molar-refractivity contribution in [2.45, 2.75) is 31.8 Å². The van der Waals surface area contributed by atoms with Crippen molar-refractivity contribution in [1.29, 1.82) is 0 Å². The van der Waals surface area contributed by atoms with Crippen LogP contribution in [0.2, 0.25) is 0 Å². The third kappa shape index (κ3) is 2.74. The molecule has 4 heteroatoms. The summed E-state index contributed by atoms with van der Waals surface area (Å²) in [5, 5.41) is 0. The quantitative estimate of drug-likeness (QED) is 0.906. The fourth-order valence-electron chi connectivity index (χ4n) is 2.83. The second-order valence-corrected chi connectivity index (χ2v) is 5.75. The first-order chi connectivity index (χ1) is 9.15. The van der Waals surface area contributed by atoms with Gasteiger partial charge in [0.25, 0.3) is 0 Å². The number of rotatable bonds is 3. The molecule has 0 amide bonds. The molecular formula is C15H22FN3. The summed E-state index contributed by atoms with van der Waals surface area (Å²) in [7, 11) is 0. The molecule has 0 bridgehead atoms. The van der Waals surface area contributed by atoms with E-state index in [4.69, 9.17) is 5.73 Å². The Labute approximate surface area is 114 Å². The van der Waals surface area contributed by atoms with Crippen LogP contribution in [0.4, 0.5) is 10.1 Å². The van der Waals surface area contributed by atoms with Crippen molar-refractivity contribution in [2.75, 3.05) is 31.1 Å². The van der Waals surface area contributed by atoms with Crippen molar-refractivity contribution in [3.05, 3.63) is 29.6 Å². The van der Waals surface area contributed by atoms with E-state index in [2.05, 4.69) is 9.80 Å². The third-order valence-corrected chi connectivity index (χ3v) is 4.22. The molecule has 19 heavy (non-hydrogen) atoms. The molecule has 0 aromatic heterocycles. The van der Waals surface area contributed by atoms with E-state index in [0.29, 0.717) is 0 Å². The van der Waals surface area contributed by atoms with Crippen molar-refractivity contribution in [3.8, 4) is 0 Å². The molecule has 1 aliphatic carbocycles. The smallest absolute Gasteiger partial charge is 0.146 e. The lowest BCUT2D eigenvalue weighted by Crippen LogP contribution is -2.47. The second-order valence-electron chi connectivity index (χ2n) is 5.75. The molecule has 1 atom stereocenters. The summed E-state index contributed by atoms with van der Waals surface area (Å²) in [5.74, 6) is -0.144. The van der Waals surface area contributed by atoms with E-state index < -0.39 is 0 Å². The molecule has 1 aliphatic heterocycles. The molecule has 1 saturated carbocycles. The molecule has 2 N–H and O–H groups in total. The van der Waals surface area contributed by atoms with Crippen molar-refractivity contribution in [2.24, 2.45) is 5.73 Å². The molecule has 3 rings (SSSR count). The first-order valence-corrected chi connectivity index (χ1v) is 7.19. The molecule has 2 aliphatic rings. The minimum Gasteiger partial charge on any atom is -0.367 e. The molecule has 104 valence electrons. The summed E-state index contributed by atoms with van der Waals surface area (Å²) in [6, 6.07) is 6.09. The van der Waals surface area contributed by atoms with Gasteiger partial charge in [-0.1, -0.05) is 6.07 Å². The lowest BCUT2D eigenvalue weighted by Gasteiger charge is -2.36. The predicted octanol–water partition coefficient (Wildman–Crippen LogP) is 2.13. The molecule has 0 radical (unpaired) electrons. The Morgan fingerprint density at radius 2 is 1.89 bits per heavy atom. The largest absolute Gasteiger partial charge is 0.367 e. The first kappa shape index (κ1) is 12.9.